The zero-order valence-corrected chi connectivity index (χ0v) is 8.87. The normalized spacial score (nSPS) is 16.1. The molecule has 0 unspecified atom stereocenters. The van der Waals surface area contributed by atoms with Crippen LogP contribution in [0.1, 0.15) is 31.4 Å². The van der Waals surface area contributed by atoms with E-state index in [2.05, 4.69) is 16.5 Å². The average Bonchev–Trinajstić information content (AvgIpc) is 2.89. The van der Waals surface area contributed by atoms with Gasteiger partial charge in [0.2, 0.25) is 0 Å². The zero-order valence-electron chi connectivity index (χ0n) is 8.87. The van der Waals surface area contributed by atoms with E-state index in [0.29, 0.717) is 0 Å². The quantitative estimate of drug-likeness (QED) is 0.697. The second-order valence-corrected chi connectivity index (χ2v) is 4.24. The fraction of sp³-hybridized carbons (Fsp3) is 0.727. The minimum absolute atomic E-state index is 0.908. The first-order valence-electron chi connectivity index (χ1n) is 5.54. The van der Waals surface area contributed by atoms with Crippen molar-refractivity contribution in [3.05, 3.63) is 18.0 Å². The molecule has 2 rings (SSSR count). The van der Waals surface area contributed by atoms with Crippen LogP contribution in [0.25, 0.3) is 0 Å². The van der Waals surface area contributed by atoms with Gasteiger partial charge in [0, 0.05) is 19.8 Å². The van der Waals surface area contributed by atoms with Crippen molar-refractivity contribution < 1.29 is 0 Å². The molecule has 1 saturated carbocycles. The molecular formula is C11H19N3. The van der Waals surface area contributed by atoms with Crippen LogP contribution in [0.4, 0.5) is 0 Å². The average molecular weight is 193 g/mol. The molecule has 0 spiro atoms. The molecule has 0 amide bonds. The molecule has 1 fully saturated rings. The molecule has 0 bridgehead atoms. The van der Waals surface area contributed by atoms with Gasteiger partial charge in [0.1, 0.15) is 0 Å². The van der Waals surface area contributed by atoms with Crippen molar-refractivity contribution in [1.29, 1.82) is 0 Å². The Kier molecular flexibility index (Phi) is 3.19. The molecule has 14 heavy (non-hydrogen) atoms. The number of hydrogen-bond acceptors (Lipinski definition) is 2. The monoisotopic (exact) mass is 193 g/mol. The van der Waals surface area contributed by atoms with Crippen molar-refractivity contribution in [1.82, 2.24) is 15.1 Å². The van der Waals surface area contributed by atoms with E-state index in [-0.39, 0.29) is 0 Å². The highest BCUT2D eigenvalue weighted by molar-refractivity contribution is 4.97. The fourth-order valence-electron chi connectivity index (χ4n) is 1.70. The van der Waals surface area contributed by atoms with E-state index in [0.717, 1.165) is 24.7 Å². The first-order chi connectivity index (χ1) is 6.84. The minimum Gasteiger partial charge on any atom is -0.311 e. The van der Waals surface area contributed by atoms with Gasteiger partial charge in [0.05, 0.1) is 5.69 Å². The Bertz CT molecular complexity index is 276. The van der Waals surface area contributed by atoms with Gasteiger partial charge in [-0.1, -0.05) is 12.8 Å². The molecule has 1 aromatic heterocycles. The van der Waals surface area contributed by atoms with Gasteiger partial charge in [-0.15, -0.1) is 0 Å². The third-order valence-electron chi connectivity index (χ3n) is 2.74. The Morgan fingerprint density at radius 1 is 1.57 bits per heavy atom. The second-order valence-electron chi connectivity index (χ2n) is 4.24. The fourth-order valence-corrected chi connectivity index (χ4v) is 1.70. The number of hydrogen-bond donors (Lipinski definition) is 1. The number of rotatable bonds is 6. The first kappa shape index (κ1) is 9.71. The van der Waals surface area contributed by atoms with E-state index in [1.54, 1.807) is 0 Å². The third-order valence-corrected chi connectivity index (χ3v) is 2.74. The Hall–Kier alpha value is -0.830. The Labute approximate surface area is 85.5 Å². The molecule has 1 heterocycles. The highest BCUT2D eigenvalue weighted by Crippen LogP contribution is 2.33. The molecule has 0 aliphatic heterocycles. The summed E-state index contributed by atoms with van der Waals surface area (Å²) in [4.78, 5) is 0. The standard InChI is InChI=1S/C11H19N3/c1-14-8-6-11(13-14)9-12-7-2-3-10-4-5-10/h6,8,10,12H,2-5,7,9H2,1H3. The van der Waals surface area contributed by atoms with Crippen molar-refractivity contribution in [3.63, 3.8) is 0 Å². The summed E-state index contributed by atoms with van der Waals surface area (Å²) in [5, 5.41) is 7.73. The maximum Gasteiger partial charge on any atom is 0.0762 e. The van der Waals surface area contributed by atoms with Gasteiger partial charge in [0.15, 0.2) is 0 Å². The van der Waals surface area contributed by atoms with Gasteiger partial charge in [-0.3, -0.25) is 4.68 Å². The van der Waals surface area contributed by atoms with E-state index in [1.807, 2.05) is 17.9 Å². The van der Waals surface area contributed by atoms with Crippen LogP contribution in [-0.2, 0) is 13.6 Å². The number of aromatic nitrogens is 2. The third kappa shape index (κ3) is 3.14. The SMILES string of the molecule is Cn1ccc(CNCCCC2CC2)n1. The van der Waals surface area contributed by atoms with Gasteiger partial charge in [-0.2, -0.15) is 5.10 Å². The van der Waals surface area contributed by atoms with Crippen molar-refractivity contribution in [2.45, 2.75) is 32.2 Å². The van der Waals surface area contributed by atoms with Gasteiger partial charge < -0.3 is 5.32 Å². The molecule has 0 atom stereocenters. The summed E-state index contributed by atoms with van der Waals surface area (Å²) in [6, 6.07) is 2.06. The topological polar surface area (TPSA) is 29.9 Å². The lowest BCUT2D eigenvalue weighted by Crippen LogP contribution is -2.15. The second kappa shape index (κ2) is 4.60. The van der Waals surface area contributed by atoms with Gasteiger partial charge >= 0.3 is 0 Å². The summed E-state index contributed by atoms with van der Waals surface area (Å²) in [7, 11) is 1.95. The number of nitrogens with zero attached hydrogens (tertiary/aromatic N) is 2. The lowest BCUT2D eigenvalue weighted by Gasteiger charge is -2.01. The van der Waals surface area contributed by atoms with E-state index in [1.165, 1.54) is 25.7 Å². The molecule has 0 saturated heterocycles. The molecule has 1 aliphatic carbocycles. The van der Waals surface area contributed by atoms with Crippen molar-refractivity contribution in [3.8, 4) is 0 Å². The van der Waals surface area contributed by atoms with Crippen LogP contribution in [0.5, 0.6) is 0 Å². The largest absolute Gasteiger partial charge is 0.311 e. The van der Waals surface area contributed by atoms with Crippen LogP contribution in [0, 0.1) is 5.92 Å². The molecule has 78 valence electrons. The smallest absolute Gasteiger partial charge is 0.0762 e. The molecule has 1 aliphatic rings. The van der Waals surface area contributed by atoms with Crippen molar-refractivity contribution in [2.24, 2.45) is 13.0 Å². The summed E-state index contributed by atoms with van der Waals surface area (Å²) in [6.07, 6.45) is 7.66. The van der Waals surface area contributed by atoms with E-state index < -0.39 is 0 Å². The summed E-state index contributed by atoms with van der Waals surface area (Å²) in [5.74, 6) is 1.06. The number of nitrogens with one attached hydrogen (secondary N) is 1. The van der Waals surface area contributed by atoms with Crippen LogP contribution in [0.3, 0.4) is 0 Å². The van der Waals surface area contributed by atoms with E-state index >= 15 is 0 Å². The van der Waals surface area contributed by atoms with E-state index in [9.17, 15) is 0 Å². The molecule has 3 nitrogen and oxygen atoms in total. The lowest BCUT2D eigenvalue weighted by molar-refractivity contribution is 0.585. The summed E-state index contributed by atoms with van der Waals surface area (Å²) >= 11 is 0. The van der Waals surface area contributed by atoms with Crippen LogP contribution >= 0.6 is 0 Å². The van der Waals surface area contributed by atoms with Gasteiger partial charge in [-0.05, 0) is 31.4 Å². The predicted octanol–water partition coefficient (Wildman–Crippen LogP) is 1.70. The maximum absolute atomic E-state index is 4.31. The zero-order chi connectivity index (χ0) is 9.80. The van der Waals surface area contributed by atoms with Crippen LogP contribution < -0.4 is 5.32 Å². The van der Waals surface area contributed by atoms with E-state index in [4.69, 9.17) is 0 Å². The Balaban J connectivity index is 1.53. The van der Waals surface area contributed by atoms with Crippen LogP contribution in [0.2, 0.25) is 0 Å². The molecule has 1 aromatic rings. The van der Waals surface area contributed by atoms with Gasteiger partial charge in [0.25, 0.3) is 0 Å². The molecule has 3 heteroatoms. The first-order valence-corrected chi connectivity index (χ1v) is 5.54. The predicted molar refractivity (Wildman–Crippen MR) is 56.9 cm³/mol. The highest BCUT2D eigenvalue weighted by Gasteiger charge is 2.19. The van der Waals surface area contributed by atoms with Crippen molar-refractivity contribution >= 4 is 0 Å². The summed E-state index contributed by atoms with van der Waals surface area (Å²) in [6.45, 7) is 2.04. The lowest BCUT2D eigenvalue weighted by atomic mass is 10.2. The van der Waals surface area contributed by atoms with Crippen molar-refractivity contribution in [2.75, 3.05) is 6.54 Å². The molecular weight excluding hydrogens is 174 g/mol. The molecule has 1 N–H and O–H groups in total. The highest BCUT2D eigenvalue weighted by atomic mass is 15.3. The summed E-state index contributed by atoms with van der Waals surface area (Å²) in [5.41, 5.74) is 1.14. The molecule has 0 aromatic carbocycles. The van der Waals surface area contributed by atoms with Crippen LogP contribution in [-0.4, -0.2) is 16.3 Å². The Morgan fingerprint density at radius 2 is 2.43 bits per heavy atom. The summed E-state index contributed by atoms with van der Waals surface area (Å²) < 4.78 is 1.85. The van der Waals surface area contributed by atoms with Crippen LogP contribution in [0.15, 0.2) is 12.3 Å². The number of aryl methyl sites for hydroxylation is 1. The Morgan fingerprint density at radius 3 is 3.07 bits per heavy atom. The maximum atomic E-state index is 4.31. The van der Waals surface area contributed by atoms with Gasteiger partial charge in [-0.25, -0.2) is 0 Å². The molecule has 0 radical (unpaired) electrons. The minimum atomic E-state index is 0.908.